The Morgan fingerprint density at radius 2 is 1.83 bits per heavy atom. The fraction of sp³-hybridized carbons (Fsp3) is 0.320. The van der Waals surface area contributed by atoms with Crippen LogP contribution in [0.15, 0.2) is 66.4 Å². The maximum absolute atomic E-state index is 5.77. The highest BCUT2D eigenvalue weighted by Crippen LogP contribution is 2.22. The van der Waals surface area contributed by atoms with E-state index in [4.69, 9.17) is 9.57 Å². The lowest BCUT2D eigenvalue weighted by Crippen LogP contribution is -2.26. The van der Waals surface area contributed by atoms with Crippen molar-refractivity contribution in [3.8, 4) is 5.75 Å². The first kappa shape index (κ1) is 22.4. The van der Waals surface area contributed by atoms with Crippen LogP contribution in [0.25, 0.3) is 6.08 Å². The Morgan fingerprint density at radius 3 is 2.45 bits per heavy atom. The molecule has 2 rings (SSSR count). The van der Waals surface area contributed by atoms with Crippen molar-refractivity contribution in [3.63, 3.8) is 0 Å². The molecule has 0 aromatic heterocycles. The molecule has 0 bridgehead atoms. The number of allylic oxidation sites excluding steroid dienone is 2. The number of nitrogens with zero attached hydrogens (tertiary/aromatic N) is 2. The smallest absolute Gasteiger partial charge is 0.129 e. The van der Waals surface area contributed by atoms with Gasteiger partial charge in [0.1, 0.15) is 18.1 Å². The Morgan fingerprint density at radius 1 is 1.10 bits per heavy atom. The van der Waals surface area contributed by atoms with Gasteiger partial charge in [-0.3, -0.25) is 0 Å². The van der Waals surface area contributed by atoms with E-state index in [0.29, 0.717) is 6.61 Å². The Kier molecular flexibility index (Phi) is 9.19. The Labute approximate surface area is 175 Å². The number of oxime groups is 1. The van der Waals surface area contributed by atoms with E-state index in [2.05, 4.69) is 55.6 Å². The number of hydrogen-bond acceptors (Lipinski definition) is 4. The first-order valence-corrected chi connectivity index (χ1v) is 10.1. The minimum absolute atomic E-state index is 0.547. The predicted octanol–water partition coefficient (Wildman–Crippen LogP) is 5.31. The van der Waals surface area contributed by atoms with Crippen LogP contribution in [0, 0.1) is 6.92 Å². The molecule has 0 amide bonds. The highest BCUT2D eigenvalue weighted by Gasteiger charge is 2.13. The highest BCUT2D eigenvalue weighted by atomic mass is 16.6. The van der Waals surface area contributed by atoms with Crippen molar-refractivity contribution in [2.24, 2.45) is 5.16 Å². The molecule has 0 aliphatic heterocycles. The molecule has 0 saturated heterocycles. The lowest BCUT2D eigenvalue weighted by Gasteiger charge is -2.17. The van der Waals surface area contributed by atoms with E-state index in [1.807, 2.05) is 36.4 Å². The molecule has 0 aliphatic carbocycles. The van der Waals surface area contributed by atoms with Gasteiger partial charge >= 0.3 is 0 Å². The van der Waals surface area contributed by atoms with Gasteiger partial charge in [-0.15, -0.1) is 0 Å². The zero-order valence-corrected chi connectivity index (χ0v) is 18.0. The van der Waals surface area contributed by atoms with E-state index in [9.17, 15) is 0 Å². The predicted molar refractivity (Wildman–Crippen MR) is 123 cm³/mol. The quantitative estimate of drug-likeness (QED) is 0.225. The van der Waals surface area contributed by atoms with Crippen LogP contribution in [0.4, 0.5) is 0 Å². The molecule has 0 saturated carbocycles. The average molecular weight is 393 g/mol. The van der Waals surface area contributed by atoms with Crippen LogP contribution in [0.5, 0.6) is 5.75 Å². The fourth-order valence-electron chi connectivity index (χ4n) is 3.10. The zero-order chi connectivity index (χ0) is 21.1. The molecule has 2 aromatic carbocycles. The molecule has 0 fully saturated rings. The number of likely N-dealkylation sites (N-methyl/N-ethyl adjacent to an activating group) is 1. The van der Waals surface area contributed by atoms with Crippen molar-refractivity contribution in [2.45, 2.75) is 20.8 Å². The van der Waals surface area contributed by atoms with E-state index in [1.54, 1.807) is 13.2 Å². The maximum atomic E-state index is 5.77. The third kappa shape index (κ3) is 6.33. The SMILES string of the molecule is C=C/C=C\c1c(C)cccc1/C(=N\OCCN(CC)CC)c1ccc(OC)cc1. The van der Waals surface area contributed by atoms with E-state index in [0.717, 1.165) is 47.8 Å². The Balaban J connectivity index is 2.42. The third-order valence-electron chi connectivity index (χ3n) is 4.89. The lowest BCUT2D eigenvalue weighted by molar-refractivity contribution is 0.114. The number of ether oxygens (including phenoxy) is 1. The number of hydrogen-bond donors (Lipinski definition) is 0. The summed E-state index contributed by atoms with van der Waals surface area (Å²) in [5.74, 6) is 0.812. The molecule has 0 aliphatic rings. The van der Waals surface area contributed by atoms with Crippen LogP contribution >= 0.6 is 0 Å². The molecule has 0 radical (unpaired) electrons. The summed E-state index contributed by atoms with van der Waals surface area (Å²) in [6, 6.07) is 14.1. The molecule has 0 N–H and O–H groups in total. The van der Waals surface area contributed by atoms with Crippen LogP contribution in [-0.4, -0.2) is 44.0 Å². The molecule has 0 heterocycles. The molecule has 0 atom stereocenters. The van der Waals surface area contributed by atoms with E-state index in [-0.39, 0.29) is 0 Å². The van der Waals surface area contributed by atoms with Crippen molar-refractivity contribution in [1.82, 2.24) is 4.90 Å². The van der Waals surface area contributed by atoms with Gasteiger partial charge < -0.3 is 14.5 Å². The minimum Gasteiger partial charge on any atom is -0.497 e. The van der Waals surface area contributed by atoms with E-state index < -0.39 is 0 Å². The van der Waals surface area contributed by atoms with Gasteiger partial charge in [-0.1, -0.05) is 62.0 Å². The van der Waals surface area contributed by atoms with Gasteiger partial charge in [0.2, 0.25) is 0 Å². The maximum Gasteiger partial charge on any atom is 0.129 e. The summed E-state index contributed by atoms with van der Waals surface area (Å²) < 4.78 is 5.30. The Hall–Kier alpha value is -2.85. The first-order valence-electron chi connectivity index (χ1n) is 10.1. The summed E-state index contributed by atoms with van der Waals surface area (Å²) in [7, 11) is 1.67. The summed E-state index contributed by atoms with van der Waals surface area (Å²) in [4.78, 5) is 8.08. The van der Waals surface area contributed by atoms with Crippen molar-refractivity contribution in [2.75, 3.05) is 33.4 Å². The largest absolute Gasteiger partial charge is 0.497 e. The molecule has 154 valence electrons. The van der Waals surface area contributed by atoms with Gasteiger partial charge in [-0.2, -0.15) is 0 Å². The summed E-state index contributed by atoms with van der Waals surface area (Å²) >= 11 is 0. The third-order valence-corrected chi connectivity index (χ3v) is 4.89. The number of aryl methyl sites for hydroxylation is 1. The molecule has 0 spiro atoms. The molecular formula is C25H32N2O2. The second kappa shape index (κ2) is 11.9. The molecular weight excluding hydrogens is 360 g/mol. The van der Waals surface area contributed by atoms with Crippen molar-refractivity contribution in [3.05, 3.63) is 83.4 Å². The standard InChI is InChI=1S/C25H32N2O2/c1-6-9-12-23-20(4)11-10-13-24(23)25(21-14-16-22(28-5)17-15-21)26-29-19-18-27(7-2)8-3/h6,9-17H,1,7-8,18-19H2,2-5H3/b12-9-,26-25-. The fourth-order valence-corrected chi connectivity index (χ4v) is 3.10. The number of methoxy groups -OCH3 is 1. The summed E-state index contributed by atoms with van der Waals surface area (Å²) in [5.41, 5.74) is 5.09. The second-order valence-electron chi connectivity index (χ2n) is 6.66. The minimum atomic E-state index is 0.547. The summed E-state index contributed by atoms with van der Waals surface area (Å²) in [5, 5.41) is 4.56. The summed E-state index contributed by atoms with van der Waals surface area (Å²) in [6.07, 6.45) is 5.78. The topological polar surface area (TPSA) is 34.1 Å². The van der Waals surface area contributed by atoms with Crippen molar-refractivity contribution < 1.29 is 9.57 Å². The molecule has 4 nitrogen and oxygen atoms in total. The van der Waals surface area contributed by atoms with E-state index in [1.165, 1.54) is 5.56 Å². The Bertz CT molecular complexity index is 834. The van der Waals surface area contributed by atoms with Gasteiger partial charge in [0, 0.05) is 17.7 Å². The lowest BCUT2D eigenvalue weighted by atomic mass is 9.94. The normalized spacial score (nSPS) is 11.8. The molecule has 4 heteroatoms. The van der Waals surface area contributed by atoms with Crippen LogP contribution in [0.3, 0.4) is 0 Å². The number of rotatable bonds is 11. The summed E-state index contributed by atoms with van der Waals surface area (Å²) in [6.45, 7) is 13.6. The van der Waals surface area contributed by atoms with Gasteiger partial charge in [0.05, 0.1) is 7.11 Å². The van der Waals surface area contributed by atoms with E-state index >= 15 is 0 Å². The van der Waals surface area contributed by atoms with Crippen LogP contribution in [0.1, 0.15) is 36.1 Å². The number of benzene rings is 2. The van der Waals surface area contributed by atoms with Crippen LogP contribution in [-0.2, 0) is 4.84 Å². The molecule has 0 unspecified atom stereocenters. The average Bonchev–Trinajstić information content (AvgIpc) is 2.76. The highest BCUT2D eigenvalue weighted by molar-refractivity contribution is 6.14. The van der Waals surface area contributed by atoms with Gasteiger partial charge in [-0.05, 0) is 55.4 Å². The first-order chi connectivity index (χ1) is 14.1. The van der Waals surface area contributed by atoms with Crippen LogP contribution < -0.4 is 4.74 Å². The molecule has 2 aromatic rings. The van der Waals surface area contributed by atoms with Crippen LogP contribution in [0.2, 0.25) is 0 Å². The van der Waals surface area contributed by atoms with Crippen molar-refractivity contribution >= 4 is 11.8 Å². The van der Waals surface area contributed by atoms with Gasteiger partial charge in [-0.25, -0.2) is 0 Å². The zero-order valence-electron chi connectivity index (χ0n) is 18.0. The molecule has 29 heavy (non-hydrogen) atoms. The van der Waals surface area contributed by atoms with Gasteiger partial charge in [0.25, 0.3) is 0 Å². The van der Waals surface area contributed by atoms with Crippen molar-refractivity contribution in [1.29, 1.82) is 0 Å². The monoisotopic (exact) mass is 392 g/mol. The second-order valence-corrected chi connectivity index (χ2v) is 6.66. The van der Waals surface area contributed by atoms with Gasteiger partial charge in [0.15, 0.2) is 0 Å².